The third kappa shape index (κ3) is 9.07. The molecule has 1 amide bonds. The number of guanidine groups is 1. The quantitative estimate of drug-likeness (QED) is 0.306. The number of carbonyl (C=O) groups is 1. The number of nitrogens with one attached hydrogen (secondary N) is 2. The third-order valence-corrected chi connectivity index (χ3v) is 5.46. The number of hydrogen-bond donors (Lipinski definition) is 2. The monoisotopic (exact) mass is 531 g/mol. The first-order valence-electron chi connectivity index (χ1n) is 10.6. The maximum Gasteiger partial charge on any atom is 0.409 e. The summed E-state index contributed by atoms with van der Waals surface area (Å²) in [6.07, 6.45) is 2.56. The van der Waals surface area contributed by atoms with E-state index in [0.29, 0.717) is 25.2 Å². The molecule has 0 radical (unpaired) electrons. The lowest BCUT2D eigenvalue weighted by Gasteiger charge is -2.32. The lowest BCUT2D eigenvalue weighted by atomic mass is 10.1. The number of halogens is 1. The molecule has 1 unspecified atom stereocenters. The normalized spacial score (nSPS) is 16.0. The summed E-state index contributed by atoms with van der Waals surface area (Å²) < 4.78 is 4.80. The Morgan fingerprint density at radius 1 is 1.30 bits per heavy atom. The summed E-state index contributed by atoms with van der Waals surface area (Å²) in [4.78, 5) is 20.5. The van der Waals surface area contributed by atoms with Gasteiger partial charge in [0.1, 0.15) is 0 Å². The molecule has 0 aliphatic carbocycles. The molecule has 8 heteroatoms. The molecule has 2 N–H and O–H groups in total. The number of piperidine rings is 1. The lowest BCUT2D eigenvalue weighted by Crippen LogP contribution is -2.49. The van der Waals surface area contributed by atoms with Gasteiger partial charge < -0.3 is 20.3 Å². The molecule has 1 aromatic carbocycles. The highest BCUT2D eigenvalue weighted by Gasteiger charge is 2.23. The number of benzene rings is 1. The van der Waals surface area contributed by atoms with E-state index in [0.717, 1.165) is 44.9 Å². The van der Waals surface area contributed by atoms with Crippen LogP contribution in [0.2, 0.25) is 0 Å². The van der Waals surface area contributed by atoms with Crippen LogP contribution < -0.4 is 10.6 Å². The van der Waals surface area contributed by atoms with Gasteiger partial charge in [0.05, 0.1) is 7.11 Å². The SMILES string of the molecule is CCNC(=NCCC(C)N(C)Cc1ccccc1)NC1CCN(C(=O)OC)CC1.I. The van der Waals surface area contributed by atoms with Gasteiger partial charge in [-0.3, -0.25) is 9.89 Å². The average molecular weight is 531 g/mol. The van der Waals surface area contributed by atoms with Crippen molar-refractivity contribution in [2.24, 2.45) is 4.99 Å². The van der Waals surface area contributed by atoms with Crippen LogP contribution >= 0.6 is 24.0 Å². The Labute approximate surface area is 198 Å². The Balaban J connectivity index is 0.00000450. The standard InChI is InChI=1S/C22H37N5O2.HI/c1-5-23-21(25-20-12-15-27(16-13-20)22(28)29-4)24-14-11-18(2)26(3)17-19-9-7-6-8-10-19;/h6-10,18,20H,5,11-17H2,1-4H3,(H2,23,24,25);1H. The fourth-order valence-electron chi connectivity index (χ4n) is 3.46. The van der Waals surface area contributed by atoms with Gasteiger partial charge in [0.15, 0.2) is 5.96 Å². The van der Waals surface area contributed by atoms with Crippen molar-refractivity contribution >= 4 is 36.0 Å². The Hall–Kier alpha value is -1.55. The zero-order valence-corrected chi connectivity index (χ0v) is 21.1. The smallest absolute Gasteiger partial charge is 0.409 e. The van der Waals surface area contributed by atoms with E-state index in [4.69, 9.17) is 9.73 Å². The van der Waals surface area contributed by atoms with E-state index in [2.05, 4.69) is 66.8 Å². The largest absolute Gasteiger partial charge is 0.453 e. The van der Waals surface area contributed by atoms with Crippen molar-refractivity contribution in [1.82, 2.24) is 20.4 Å². The topological polar surface area (TPSA) is 69.2 Å². The number of ether oxygens (including phenoxy) is 1. The fraction of sp³-hybridized carbons (Fsp3) is 0.636. The van der Waals surface area contributed by atoms with Crippen molar-refractivity contribution < 1.29 is 9.53 Å². The highest BCUT2D eigenvalue weighted by Crippen LogP contribution is 2.11. The molecule has 1 fully saturated rings. The molecule has 1 saturated heterocycles. The fourth-order valence-corrected chi connectivity index (χ4v) is 3.46. The molecule has 1 atom stereocenters. The van der Waals surface area contributed by atoms with Gasteiger partial charge in [0, 0.05) is 44.8 Å². The Morgan fingerprint density at radius 2 is 1.97 bits per heavy atom. The summed E-state index contributed by atoms with van der Waals surface area (Å²) in [5, 5.41) is 6.86. The molecule has 0 saturated carbocycles. The predicted molar refractivity (Wildman–Crippen MR) is 134 cm³/mol. The molecule has 170 valence electrons. The van der Waals surface area contributed by atoms with Crippen molar-refractivity contribution in [1.29, 1.82) is 0 Å². The van der Waals surface area contributed by atoms with Crippen LogP contribution in [0.4, 0.5) is 4.79 Å². The maximum atomic E-state index is 11.6. The van der Waals surface area contributed by atoms with E-state index in [9.17, 15) is 4.79 Å². The molecule has 0 aromatic heterocycles. The van der Waals surface area contributed by atoms with Gasteiger partial charge in [-0.05, 0) is 45.7 Å². The third-order valence-electron chi connectivity index (χ3n) is 5.46. The Bertz CT molecular complexity index is 636. The molecule has 0 bridgehead atoms. The molecule has 1 aliphatic rings. The zero-order chi connectivity index (χ0) is 21.1. The van der Waals surface area contributed by atoms with Crippen LogP contribution in [0, 0.1) is 0 Å². The number of methoxy groups -OCH3 is 1. The van der Waals surface area contributed by atoms with Crippen LogP contribution in [0.3, 0.4) is 0 Å². The van der Waals surface area contributed by atoms with Gasteiger partial charge in [-0.2, -0.15) is 0 Å². The number of likely N-dealkylation sites (tertiary alicyclic amines) is 1. The first-order valence-corrected chi connectivity index (χ1v) is 10.6. The number of hydrogen-bond acceptors (Lipinski definition) is 4. The maximum absolute atomic E-state index is 11.6. The average Bonchev–Trinajstić information content (AvgIpc) is 2.74. The van der Waals surface area contributed by atoms with Gasteiger partial charge in [0.25, 0.3) is 0 Å². The van der Waals surface area contributed by atoms with Gasteiger partial charge in [-0.15, -0.1) is 24.0 Å². The molecular formula is C22H38IN5O2. The van der Waals surface area contributed by atoms with Crippen LogP contribution in [0.25, 0.3) is 0 Å². The van der Waals surface area contributed by atoms with E-state index in [1.807, 2.05) is 0 Å². The van der Waals surface area contributed by atoms with Gasteiger partial charge >= 0.3 is 6.09 Å². The number of aliphatic imine (C=N–C) groups is 1. The predicted octanol–water partition coefficient (Wildman–Crippen LogP) is 3.30. The van der Waals surface area contributed by atoms with Crippen LogP contribution in [-0.4, -0.2) is 74.3 Å². The summed E-state index contributed by atoms with van der Waals surface area (Å²) >= 11 is 0. The molecular weight excluding hydrogens is 493 g/mol. The molecule has 2 rings (SSSR count). The lowest BCUT2D eigenvalue weighted by molar-refractivity contribution is 0.111. The van der Waals surface area contributed by atoms with E-state index in [1.165, 1.54) is 12.7 Å². The summed E-state index contributed by atoms with van der Waals surface area (Å²) in [5.41, 5.74) is 1.33. The van der Waals surface area contributed by atoms with E-state index in [1.54, 1.807) is 4.90 Å². The molecule has 1 aliphatic heterocycles. The number of amides is 1. The van der Waals surface area contributed by atoms with Crippen molar-refractivity contribution in [2.45, 2.75) is 51.7 Å². The highest BCUT2D eigenvalue weighted by molar-refractivity contribution is 14.0. The van der Waals surface area contributed by atoms with E-state index in [-0.39, 0.29) is 30.1 Å². The zero-order valence-electron chi connectivity index (χ0n) is 18.8. The van der Waals surface area contributed by atoms with Crippen LogP contribution in [-0.2, 0) is 11.3 Å². The van der Waals surface area contributed by atoms with Crippen molar-refractivity contribution in [3.63, 3.8) is 0 Å². The van der Waals surface area contributed by atoms with Gasteiger partial charge in [-0.1, -0.05) is 30.3 Å². The number of nitrogens with zero attached hydrogens (tertiary/aromatic N) is 3. The Kier molecular flexibility index (Phi) is 12.8. The summed E-state index contributed by atoms with van der Waals surface area (Å²) in [6.45, 7) is 8.31. The first kappa shape index (κ1) is 26.5. The highest BCUT2D eigenvalue weighted by atomic mass is 127. The minimum absolute atomic E-state index is 0. The van der Waals surface area contributed by atoms with Gasteiger partial charge in [0.2, 0.25) is 0 Å². The minimum Gasteiger partial charge on any atom is -0.453 e. The molecule has 1 aromatic rings. The van der Waals surface area contributed by atoms with Crippen molar-refractivity contribution in [3.05, 3.63) is 35.9 Å². The second-order valence-electron chi connectivity index (χ2n) is 7.67. The van der Waals surface area contributed by atoms with E-state index < -0.39 is 0 Å². The summed E-state index contributed by atoms with van der Waals surface area (Å²) in [7, 11) is 3.60. The van der Waals surface area contributed by atoms with Crippen molar-refractivity contribution in [3.8, 4) is 0 Å². The number of carbonyl (C=O) groups excluding carboxylic acids is 1. The second-order valence-corrected chi connectivity index (χ2v) is 7.67. The van der Waals surface area contributed by atoms with Crippen molar-refractivity contribution in [2.75, 3.05) is 40.3 Å². The number of rotatable bonds is 8. The molecule has 1 heterocycles. The first-order chi connectivity index (χ1) is 14.0. The second kappa shape index (κ2) is 14.5. The summed E-state index contributed by atoms with van der Waals surface area (Å²) in [5.74, 6) is 0.863. The van der Waals surface area contributed by atoms with E-state index >= 15 is 0 Å². The minimum atomic E-state index is -0.238. The molecule has 30 heavy (non-hydrogen) atoms. The van der Waals surface area contributed by atoms with Crippen LogP contribution in [0.1, 0.15) is 38.7 Å². The molecule has 7 nitrogen and oxygen atoms in total. The Morgan fingerprint density at radius 3 is 2.57 bits per heavy atom. The molecule has 0 spiro atoms. The summed E-state index contributed by atoms with van der Waals surface area (Å²) in [6, 6.07) is 11.3. The van der Waals surface area contributed by atoms with Crippen LogP contribution in [0.5, 0.6) is 0 Å². The van der Waals surface area contributed by atoms with Crippen LogP contribution in [0.15, 0.2) is 35.3 Å². The van der Waals surface area contributed by atoms with Gasteiger partial charge in [-0.25, -0.2) is 4.79 Å².